The molecule has 9 heteroatoms. The first-order valence-corrected chi connectivity index (χ1v) is 13.0. The first kappa shape index (κ1) is 26.6. The molecule has 2 aliphatic rings. The number of Topliss-reactive ketones (excluding diaryl/α,β-unsaturated/α-hetero) is 1. The minimum atomic E-state index is -0.694. The lowest BCUT2D eigenvalue weighted by Gasteiger charge is -2.35. The van der Waals surface area contributed by atoms with E-state index in [1.54, 1.807) is 32.2 Å². The van der Waals surface area contributed by atoms with Gasteiger partial charge in [0.2, 0.25) is 5.75 Å². The van der Waals surface area contributed by atoms with Gasteiger partial charge in [-0.15, -0.1) is 0 Å². The van der Waals surface area contributed by atoms with Crippen LogP contribution in [-0.2, 0) is 11.4 Å². The number of rotatable bonds is 8. The summed E-state index contributed by atoms with van der Waals surface area (Å²) in [5, 5.41) is 22.1. The Balaban J connectivity index is 1.74. The van der Waals surface area contributed by atoms with Gasteiger partial charge in [0.1, 0.15) is 12.4 Å². The molecule has 0 saturated carbocycles. The molecular formula is C28H28BrN3O5. The summed E-state index contributed by atoms with van der Waals surface area (Å²) in [7, 11) is 1.56. The van der Waals surface area contributed by atoms with Gasteiger partial charge < -0.3 is 9.47 Å². The van der Waals surface area contributed by atoms with E-state index in [4.69, 9.17) is 9.47 Å². The molecule has 2 aromatic rings. The summed E-state index contributed by atoms with van der Waals surface area (Å²) >= 11 is 3.46. The van der Waals surface area contributed by atoms with Crippen LogP contribution < -0.4 is 9.47 Å². The Morgan fingerprint density at radius 2 is 2.05 bits per heavy atom. The third kappa shape index (κ3) is 5.44. The van der Waals surface area contributed by atoms with Gasteiger partial charge in [-0.3, -0.25) is 19.9 Å². The molecular weight excluding hydrogens is 538 g/mol. The predicted octanol–water partition coefficient (Wildman–Crippen LogP) is 6.68. The van der Waals surface area contributed by atoms with Crippen LogP contribution in [0.15, 0.2) is 57.1 Å². The highest BCUT2D eigenvalue weighted by Gasteiger charge is 2.42. The Bertz CT molecular complexity index is 1340. The molecule has 3 atom stereocenters. The SMILES string of the molecule is CCCC1CC(=O)C2=C(C1)N=C(C)C(C#N)C2c1cc(Br)c(OCc2cccc(OC)c2)c([N+](=O)[O-])c1. The van der Waals surface area contributed by atoms with Crippen LogP contribution in [0.1, 0.15) is 56.6 Å². The lowest BCUT2D eigenvalue weighted by molar-refractivity contribution is -0.386. The number of benzene rings is 2. The molecule has 0 radical (unpaired) electrons. The van der Waals surface area contributed by atoms with E-state index in [2.05, 4.69) is 33.9 Å². The first-order chi connectivity index (χ1) is 17.8. The van der Waals surface area contributed by atoms with Crippen molar-refractivity contribution in [3.63, 3.8) is 0 Å². The quantitative estimate of drug-likeness (QED) is 0.260. The first-order valence-electron chi connectivity index (χ1n) is 12.2. The number of aliphatic imine (C=N–C) groups is 1. The standard InChI is InChI=1S/C28H28BrN3O5/c1-4-6-17-10-23-27(25(33)11-17)26(21(14-30)16(2)31-23)19-12-22(29)28(24(13-19)32(34)35)37-15-18-7-5-8-20(9-18)36-3/h5,7-9,12-13,17,21,26H,4,6,10-11,15H2,1-3H3. The average molecular weight is 566 g/mol. The highest BCUT2D eigenvalue weighted by atomic mass is 79.9. The second-order valence-corrected chi connectivity index (χ2v) is 10.3. The number of hydrogen-bond acceptors (Lipinski definition) is 7. The zero-order valence-corrected chi connectivity index (χ0v) is 22.6. The third-order valence-corrected chi connectivity index (χ3v) is 7.52. The number of halogens is 1. The highest BCUT2D eigenvalue weighted by Crippen LogP contribution is 2.48. The van der Waals surface area contributed by atoms with Crippen LogP contribution in [-0.4, -0.2) is 23.5 Å². The van der Waals surface area contributed by atoms with E-state index in [-0.39, 0.29) is 29.7 Å². The second kappa shape index (κ2) is 11.3. The Hall–Kier alpha value is -3.51. The molecule has 0 saturated heterocycles. The monoisotopic (exact) mass is 565 g/mol. The van der Waals surface area contributed by atoms with Crippen molar-refractivity contribution in [2.45, 2.75) is 52.1 Å². The van der Waals surface area contributed by atoms with E-state index < -0.39 is 16.8 Å². The fourth-order valence-corrected chi connectivity index (χ4v) is 5.83. The van der Waals surface area contributed by atoms with Gasteiger partial charge in [0, 0.05) is 35.4 Å². The molecule has 0 aromatic heterocycles. The van der Waals surface area contributed by atoms with Gasteiger partial charge in [-0.05, 0) is 70.9 Å². The fourth-order valence-electron chi connectivity index (χ4n) is 5.25. The number of nitrogens with zero attached hydrogens (tertiary/aromatic N) is 3. The number of hydrogen-bond donors (Lipinski definition) is 0. The van der Waals surface area contributed by atoms with Crippen LogP contribution in [0.5, 0.6) is 11.5 Å². The summed E-state index contributed by atoms with van der Waals surface area (Å²) in [6.45, 7) is 3.97. The summed E-state index contributed by atoms with van der Waals surface area (Å²) in [4.78, 5) is 29.6. The van der Waals surface area contributed by atoms with Crippen molar-refractivity contribution < 1.29 is 19.2 Å². The molecule has 1 aliphatic carbocycles. The summed E-state index contributed by atoms with van der Waals surface area (Å²) in [6.07, 6.45) is 2.98. The predicted molar refractivity (Wildman–Crippen MR) is 143 cm³/mol. The molecule has 3 unspecified atom stereocenters. The maximum absolute atomic E-state index is 13.3. The zero-order chi connectivity index (χ0) is 26.7. The number of methoxy groups -OCH3 is 1. The topological polar surface area (TPSA) is 115 Å². The van der Waals surface area contributed by atoms with Crippen molar-refractivity contribution in [2.24, 2.45) is 16.8 Å². The van der Waals surface area contributed by atoms with Gasteiger partial charge in [0.05, 0.1) is 28.5 Å². The minimum Gasteiger partial charge on any atom is -0.497 e. The Morgan fingerprint density at radius 1 is 1.27 bits per heavy atom. The highest BCUT2D eigenvalue weighted by molar-refractivity contribution is 9.10. The number of nitriles is 1. The fraction of sp³-hybridized carbons (Fsp3) is 0.393. The van der Waals surface area contributed by atoms with E-state index in [0.29, 0.717) is 45.6 Å². The van der Waals surface area contributed by atoms with Gasteiger partial charge in [-0.25, -0.2) is 0 Å². The van der Waals surface area contributed by atoms with Crippen LogP contribution in [0.2, 0.25) is 0 Å². The van der Waals surface area contributed by atoms with Crippen LogP contribution in [0.25, 0.3) is 0 Å². The Kier molecular flexibility index (Phi) is 8.08. The van der Waals surface area contributed by atoms with Gasteiger partial charge >= 0.3 is 5.69 Å². The molecule has 2 aromatic carbocycles. The largest absolute Gasteiger partial charge is 0.497 e. The number of ketones is 1. The molecule has 0 spiro atoms. The van der Waals surface area contributed by atoms with Crippen LogP contribution in [0.3, 0.4) is 0 Å². The van der Waals surface area contributed by atoms with E-state index in [1.807, 2.05) is 12.1 Å². The number of allylic oxidation sites excluding steroid dienone is 2. The smallest absolute Gasteiger partial charge is 0.312 e. The normalized spacial score (nSPS) is 21.1. The van der Waals surface area contributed by atoms with Gasteiger partial charge in [0.25, 0.3) is 0 Å². The van der Waals surface area contributed by atoms with Crippen molar-refractivity contribution >= 4 is 33.1 Å². The Morgan fingerprint density at radius 3 is 2.73 bits per heavy atom. The molecule has 8 nitrogen and oxygen atoms in total. The van der Waals surface area contributed by atoms with Crippen LogP contribution in [0.4, 0.5) is 5.69 Å². The summed E-state index contributed by atoms with van der Waals surface area (Å²) in [5.41, 5.74) is 2.91. The Labute approximate surface area is 224 Å². The molecule has 0 bridgehead atoms. The van der Waals surface area contributed by atoms with Crippen molar-refractivity contribution in [3.8, 4) is 17.6 Å². The van der Waals surface area contributed by atoms with Gasteiger partial charge in [-0.1, -0.05) is 25.5 Å². The van der Waals surface area contributed by atoms with E-state index in [1.165, 1.54) is 6.07 Å². The lowest BCUT2D eigenvalue weighted by atomic mass is 9.70. The number of nitro benzene ring substituents is 1. The maximum atomic E-state index is 13.3. The van der Waals surface area contributed by atoms with Crippen molar-refractivity contribution in [1.29, 1.82) is 5.26 Å². The van der Waals surface area contributed by atoms with E-state index in [9.17, 15) is 20.2 Å². The van der Waals surface area contributed by atoms with E-state index >= 15 is 0 Å². The number of ether oxygens (including phenoxy) is 2. The van der Waals surface area contributed by atoms with Crippen molar-refractivity contribution in [3.05, 3.63) is 73.4 Å². The van der Waals surface area contributed by atoms with Crippen LogP contribution in [0, 0.1) is 33.3 Å². The van der Waals surface area contributed by atoms with Crippen molar-refractivity contribution in [2.75, 3.05) is 7.11 Å². The third-order valence-electron chi connectivity index (χ3n) is 6.93. The second-order valence-electron chi connectivity index (χ2n) is 9.43. The summed E-state index contributed by atoms with van der Waals surface area (Å²) in [5.74, 6) is -0.392. The molecule has 1 aliphatic heterocycles. The molecule has 1 heterocycles. The summed E-state index contributed by atoms with van der Waals surface area (Å²) in [6, 6.07) is 12.7. The minimum absolute atomic E-state index is 0.0293. The van der Waals surface area contributed by atoms with E-state index in [0.717, 1.165) is 18.4 Å². The lowest BCUT2D eigenvalue weighted by Crippen LogP contribution is -2.32. The van der Waals surface area contributed by atoms with Gasteiger partial charge in [-0.2, -0.15) is 5.26 Å². The van der Waals surface area contributed by atoms with Crippen LogP contribution >= 0.6 is 15.9 Å². The summed E-state index contributed by atoms with van der Waals surface area (Å²) < 4.78 is 11.5. The zero-order valence-electron chi connectivity index (χ0n) is 21.0. The average Bonchev–Trinajstić information content (AvgIpc) is 2.87. The van der Waals surface area contributed by atoms with Gasteiger partial charge in [0.15, 0.2) is 5.78 Å². The number of carbonyl (C=O) groups is 1. The maximum Gasteiger partial charge on any atom is 0.312 e. The number of nitro groups is 1. The molecule has 192 valence electrons. The molecule has 0 N–H and O–H groups in total. The van der Waals surface area contributed by atoms with Crippen molar-refractivity contribution in [1.82, 2.24) is 0 Å². The molecule has 0 amide bonds. The number of carbonyl (C=O) groups excluding carboxylic acids is 1. The molecule has 0 fully saturated rings. The molecule has 4 rings (SSSR count). The molecule has 37 heavy (non-hydrogen) atoms.